The van der Waals surface area contributed by atoms with E-state index in [9.17, 15) is 0 Å². The normalized spacial score (nSPS) is 21.5. The van der Waals surface area contributed by atoms with E-state index in [0.717, 1.165) is 25.7 Å². The Kier molecular flexibility index (Phi) is 2.36. The first-order valence-electron chi connectivity index (χ1n) is 5.13. The molecule has 0 spiro atoms. The van der Waals surface area contributed by atoms with Crippen LogP contribution in [-0.4, -0.2) is 9.55 Å². The predicted molar refractivity (Wildman–Crippen MR) is 52.4 cm³/mol. The summed E-state index contributed by atoms with van der Waals surface area (Å²) in [5, 5.41) is 0. The SMILES string of the molecule is CCCc1ncc2n1C(N)CCC2. The third-order valence-corrected chi connectivity index (χ3v) is 2.69. The summed E-state index contributed by atoms with van der Waals surface area (Å²) in [6.07, 6.45) is 7.80. The molecule has 3 nitrogen and oxygen atoms in total. The Bertz CT molecular complexity index is 290. The van der Waals surface area contributed by atoms with E-state index in [1.54, 1.807) is 0 Å². The first-order chi connectivity index (χ1) is 6.33. The lowest BCUT2D eigenvalue weighted by Crippen LogP contribution is -2.26. The van der Waals surface area contributed by atoms with Gasteiger partial charge >= 0.3 is 0 Å². The maximum Gasteiger partial charge on any atom is 0.110 e. The number of hydrogen-bond donors (Lipinski definition) is 1. The number of imidazole rings is 1. The minimum Gasteiger partial charge on any atom is -0.316 e. The summed E-state index contributed by atoms with van der Waals surface area (Å²) in [5.74, 6) is 1.17. The van der Waals surface area contributed by atoms with E-state index in [0.29, 0.717) is 0 Å². The lowest BCUT2D eigenvalue weighted by molar-refractivity contribution is 0.401. The summed E-state index contributed by atoms with van der Waals surface area (Å²) >= 11 is 0. The first kappa shape index (κ1) is 8.75. The lowest BCUT2D eigenvalue weighted by atomic mass is 10.1. The molecule has 1 unspecified atom stereocenters. The van der Waals surface area contributed by atoms with E-state index < -0.39 is 0 Å². The highest BCUT2D eigenvalue weighted by molar-refractivity contribution is 5.09. The number of hydrogen-bond acceptors (Lipinski definition) is 2. The third-order valence-electron chi connectivity index (χ3n) is 2.69. The first-order valence-corrected chi connectivity index (χ1v) is 5.13. The van der Waals surface area contributed by atoms with Crippen molar-refractivity contribution in [2.75, 3.05) is 0 Å². The highest BCUT2D eigenvalue weighted by atomic mass is 15.2. The minimum atomic E-state index is 0.174. The van der Waals surface area contributed by atoms with Crippen LogP contribution in [0.25, 0.3) is 0 Å². The van der Waals surface area contributed by atoms with Crippen molar-refractivity contribution in [1.29, 1.82) is 0 Å². The maximum absolute atomic E-state index is 6.04. The minimum absolute atomic E-state index is 0.174. The van der Waals surface area contributed by atoms with Gasteiger partial charge in [-0.05, 0) is 25.7 Å². The van der Waals surface area contributed by atoms with Crippen molar-refractivity contribution in [3.8, 4) is 0 Å². The molecule has 2 heterocycles. The molecule has 0 aliphatic carbocycles. The van der Waals surface area contributed by atoms with Crippen LogP contribution in [0.2, 0.25) is 0 Å². The van der Waals surface area contributed by atoms with Gasteiger partial charge in [0.2, 0.25) is 0 Å². The van der Waals surface area contributed by atoms with Gasteiger partial charge in [0.15, 0.2) is 0 Å². The molecule has 0 amide bonds. The summed E-state index contributed by atoms with van der Waals surface area (Å²) in [7, 11) is 0. The zero-order valence-electron chi connectivity index (χ0n) is 8.16. The molecule has 0 aromatic carbocycles. The van der Waals surface area contributed by atoms with Gasteiger partial charge in [-0.1, -0.05) is 6.92 Å². The Hall–Kier alpha value is -0.830. The van der Waals surface area contributed by atoms with Crippen LogP contribution < -0.4 is 5.73 Å². The van der Waals surface area contributed by atoms with Crippen molar-refractivity contribution < 1.29 is 0 Å². The fourth-order valence-corrected chi connectivity index (χ4v) is 2.06. The van der Waals surface area contributed by atoms with Crippen molar-refractivity contribution in [3.05, 3.63) is 17.7 Å². The Balaban J connectivity index is 2.32. The molecule has 0 bridgehead atoms. The van der Waals surface area contributed by atoms with Gasteiger partial charge in [0.25, 0.3) is 0 Å². The van der Waals surface area contributed by atoms with E-state index in [1.165, 1.54) is 17.9 Å². The standard InChI is InChI=1S/C10H17N3/c1-2-4-10-12-7-8-5-3-6-9(11)13(8)10/h7,9H,2-6,11H2,1H3. The Morgan fingerprint density at radius 2 is 2.54 bits per heavy atom. The number of fused-ring (bicyclic) bond motifs is 1. The van der Waals surface area contributed by atoms with E-state index >= 15 is 0 Å². The smallest absolute Gasteiger partial charge is 0.110 e. The molecule has 3 heteroatoms. The van der Waals surface area contributed by atoms with Crippen LogP contribution in [0, 0.1) is 0 Å². The monoisotopic (exact) mass is 179 g/mol. The van der Waals surface area contributed by atoms with Crippen LogP contribution in [0.1, 0.15) is 43.9 Å². The maximum atomic E-state index is 6.04. The average Bonchev–Trinajstić information content (AvgIpc) is 2.51. The Morgan fingerprint density at radius 3 is 3.31 bits per heavy atom. The fraction of sp³-hybridized carbons (Fsp3) is 0.700. The summed E-state index contributed by atoms with van der Waals surface area (Å²) in [4.78, 5) is 4.42. The number of nitrogens with two attached hydrogens (primary N) is 1. The van der Waals surface area contributed by atoms with E-state index in [-0.39, 0.29) is 6.17 Å². The van der Waals surface area contributed by atoms with Gasteiger partial charge in [-0.2, -0.15) is 0 Å². The molecule has 13 heavy (non-hydrogen) atoms. The summed E-state index contributed by atoms with van der Waals surface area (Å²) < 4.78 is 2.23. The van der Waals surface area contributed by atoms with Crippen molar-refractivity contribution in [2.24, 2.45) is 5.73 Å². The number of aryl methyl sites for hydroxylation is 2. The molecule has 2 N–H and O–H groups in total. The highest BCUT2D eigenvalue weighted by Gasteiger charge is 2.19. The van der Waals surface area contributed by atoms with Crippen LogP contribution in [0.4, 0.5) is 0 Å². The molecule has 2 rings (SSSR count). The van der Waals surface area contributed by atoms with Crippen molar-refractivity contribution in [2.45, 2.75) is 45.2 Å². The van der Waals surface area contributed by atoms with Crippen LogP contribution >= 0.6 is 0 Å². The van der Waals surface area contributed by atoms with Crippen molar-refractivity contribution in [1.82, 2.24) is 9.55 Å². The number of aromatic nitrogens is 2. The molecule has 72 valence electrons. The molecule has 0 radical (unpaired) electrons. The zero-order valence-corrected chi connectivity index (χ0v) is 8.16. The van der Waals surface area contributed by atoms with Crippen LogP contribution in [-0.2, 0) is 12.8 Å². The molecule has 1 atom stereocenters. The molecular formula is C10H17N3. The topological polar surface area (TPSA) is 43.8 Å². The molecule has 0 saturated carbocycles. The van der Waals surface area contributed by atoms with Crippen LogP contribution in [0.5, 0.6) is 0 Å². The second kappa shape index (κ2) is 3.50. The average molecular weight is 179 g/mol. The summed E-state index contributed by atoms with van der Waals surface area (Å²) in [6, 6.07) is 0. The van der Waals surface area contributed by atoms with Gasteiger partial charge in [-0.15, -0.1) is 0 Å². The van der Waals surface area contributed by atoms with Gasteiger partial charge in [0.05, 0.1) is 6.17 Å². The van der Waals surface area contributed by atoms with E-state index in [2.05, 4.69) is 16.5 Å². The van der Waals surface area contributed by atoms with Gasteiger partial charge < -0.3 is 10.3 Å². The quantitative estimate of drug-likeness (QED) is 0.750. The Morgan fingerprint density at radius 1 is 1.69 bits per heavy atom. The van der Waals surface area contributed by atoms with E-state index in [4.69, 9.17) is 5.73 Å². The molecule has 1 aromatic rings. The molecule has 1 aromatic heterocycles. The third kappa shape index (κ3) is 1.48. The highest BCUT2D eigenvalue weighted by Crippen LogP contribution is 2.23. The number of rotatable bonds is 2. The van der Waals surface area contributed by atoms with Gasteiger partial charge in [0.1, 0.15) is 5.82 Å². The molecule has 1 aliphatic rings. The summed E-state index contributed by atoms with van der Waals surface area (Å²) in [6.45, 7) is 2.18. The predicted octanol–water partition coefficient (Wildman–Crippen LogP) is 1.63. The molecular weight excluding hydrogens is 162 g/mol. The van der Waals surface area contributed by atoms with E-state index in [1.807, 2.05) is 6.20 Å². The van der Waals surface area contributed by atoms with Gasteiger partial charge in [-0.25, -0.2) is 4.98 Å². The summed E-state index contributed by atoms with van der Waals surface area (Å²) in [5.41, 5.74) is 7.37. The second-order valence-electron chi connectivity index (χ2n) is 3.75. The number of nitrogens with zero attached hydrogens (tertiary/aromatic N) is 2. The van der Waals surface area contributed by atoms with Gasteiger partial charge in [0, 0.05) is 18.3 Å². The molecule has 1 aliphatic heterocycles. The van der Waals surface area contributed by atoms with Gasteiger partial charge in [-0.3, -0.25) is 0 Å². The molecule has 0 saturated heterocycles. The van der Waals surface area contributed by atoms with Crippen molar-refractivity contribution >= 4 is 0 Å². The van der Waals surface area contributed by atoms with Crippen LogP contribution in [0.15, 0.2) is 6.20 Å². The van der Waals surface area contributed by atoms with Crippen molar-refractivity contribution in [3.63, 3.8) is 0 Å². The fourth-order valence-electron chi connectivity index (χ4n) is 2.06. The van der Waals surface area contributed by atoms with Crippen LogP contribution in [0.3, 0.4) is 0 Å². The zero-order chi connectivity index (χ0) is 9.26. The largest absolute Gasteiger partial charge is 0.316 e. The lowest BCUT2D eigenvalue weighted by Gasteiger charge is -2.23. The second-order valence-corrected chi connectivity index (χ2v) is 3.75. The molecule has 0 fully saturated rings. The Labute approximate surface area is 79.0 Å².